The Bertz CT molecular complexity index is 712. The van der Waals surface area contributed by atoms with Crippen LogP contribution in [0.1, 0.15) is 19.6 Å². The molecule has 1 aliphatic rings. The highest BCUT2D eigenvalue weighted by Crippen LogP contribution is 2.41. The number of phosphoric ester groups is 1. The van der Waals surface area contributed by atoms with Crippen LogP contribution >= 0.6 is 7.82 Å². The minimum atomic E-state index is -4.78. The zero-order valence-electron chi connectivity index (χ0n) is 11.2. The number of aliphatic hydroxyl groups excluding tert-OH is 1. The molecular weight excluding hydrogens is 326 g/mol. The van der Waals surface area contributed by atoms with E-state index in [9.17, 15) is 23.7 Å². The lowest BCUT2D eigenvalue weighted by Crippen LogP contribution is -2.35. The summed E-state index contributed by atoms with van der Waals surface area (Å²) in [5.41, 5.74) is -2.12. The van der Waals surface area contributed by atoms with Gasteiger partial charge in [-0.3, -0.25) is 18.9 Å². The van der Waals surface area contributed by atoms with E-state index in [-0.39, 0.29) is 6.42 Å². The maximum absolute atomic E-state index is 13.2. The molecule has 0 spiro atoms. The zero-order chi connectivity index (χ0) is 16.7. The van der Waals surface area contributed by atoms with Crippen molar-refractivity contribution in [2.45, 2.75) is 37.9 Å². The summed E-state index contributed by atoms with van der Waals surface area (Å²) in [6.07, 6.45) is -4.14. The van der Waals surface area contributed by atoms with Crippen molar-refractivity contribution in [2.24, 2.45) is 0 Å². The van der Waals surface area contributed by atoms with E-state index in [1.54, 1.807) is 4.98 Å². The molecular formula is C10H14FN2O8P. The third-order valence-corrected chi connectivity index (χ3v) is 3.74. The van der Waals surface area contributed by atoms with Gasteiger partial charge >= 0.3 is 13.5 Å². The van der Waals surface area contributed by atoms with Crippen LogP contribution in [0.4, 0.5) is 4.39 Å². The second kappa shape index (κ2) is 6.03. The van der Waals surface area contributed by atoms with Gasteiger partial charge in [-0.1, -0.05) is 0 Å². The minimum absolute atomic E-state index is 0.148. The predicted octanol–water partition coefficient (Wildman–Crippen LogP) is -1.18. The number of ether oxygens (including phenoxy) is 1. The van der Waals surface area contributed by atoms with Crippen LogP contribution in [-0.2, 0) is 13.8 Å². The molecule has 0 amide bonds. The van der Waals surface area contributed by atoms with E-state index in [1.165, 1.54) is 6.92 Å². The number of aromatic nitrogens is 2. The Kier molecular flexibility index (Phi) is 4.66. The van der Waals surface area contributed by atoms with Gasteiger partial charge in [-0.2, -0.15) is 4.39 Å². The summed E-state index contributed by atoms with van der Waals surface area (Å²) in [5.74, 6) is -1.21. The van der Waals surface area contributed by atoms with Crippen LogP contribution in [0.3, 0.4) is 0 Å². The van der Waals surface area contributed by atoms with Gasteiger partial charge in [0.15, 0.2) is 0 Å². The number of aromatic amines is 1. The number of H-pyrrole nitrogens is 1. The highest BCUT2D eigenvalue weighted by molar-refractivity contribution is 7.46. The first kappa shape index (κ1) is 17.0. The molecule has 0 aliphatic carbocycles. The highest BCUT2D eigenvalue weighted by Gasteiger charge is 2.41. The van der Waals surface area contributed by atoms with Crippen LogP contribution in [0.2, 0.25) is 0 Å². The molecule has 1 unspecified atom stereocenters. The quantitative estimate of drug-likeness (QED) is 0.500. The summed E-state index contributed by atoms with van der Waals surface area (Å²) < 4.78 is 34.5. The van der Waals surface area contributed by atoms with Crippen molar-refractivity contribution in [2.75, 3.05) is 0 Å². The second-order valence-electron chi connectivity index (χ2n) is 4.80. The fourth-order valence-corrected chi connectivity index (χ4v) is 2.78. The van der Waals surface area contributed by atoms with Crippen molar-refractivity contribution in [1.29, 1.82) is 0 Å². The van der Waals surface area contributed by atoms with E-state index in [1.807, 2.05) is 0 Å². The standard InChI is InChI=1S/C10H14FN2O8P/c1-4(21-22(17,18)19)8-6(14)2-7(20-8)13-3-5(11)9(15)12-10(13)16/h3-4,6-8,14H,2H2,1H3,(H,12,15,16)(H2,17,18,19)/t4?,6-,7+,8+/m0/s1. The van der Waals surface area contributed by atoms with Gasteiger partial charge in [0.2, 0.25) is 5.82 Å². The molecule has 2 rings (SSSR count). The molecule has 124 valence electrons. The average Bonchev–Trinajstić information content (AvgIpc) is 2.73. The Morgan fingerprint density at radius 1 is 1.55 bits per heavy atom. The van der Waals surface area contributed by atoms with Gasteiger partial charge in [-0.25, -0.2) is 9.36 Å². The SMILES string of the molecule is CC(OP(=O)(O)O)[C@H]1O[C@@H](n2cc(F)c(=O)[nH]c2=O)C[C@@H]1O. The van der Waals surface area contributed by atoms with E-state index in [2.05, 4.69) is 4.52 Å². The summed E-state index contributed by atoms with van der Waals surface area (Å²) in [6.45, 7) is 1.27. The van der Waals surface area contributed by atoms with Crippen molar-refractivity contribution >= 4 is 7.82 Å². The Hall–Kier alpha value is -1.36. The molecule has 4 N–H and O–H groups in total. The first-order valence-electron chi connectivity index (χ1n) is 6.17. The maximum Gasteiger partial charge on any atom is 0.469 e. The van der Waals surface area contributed by atoms with Crippen molar-refractivity contribution in [3.8, 4) is 0 Å². The maximum atomic E-state index is 13.2. The minimum Gasteiger partial charge on any atom is -0.390 e. The number of rotatable bonds is 4. The Balaban J connectivity index is 2.21. The fraction of sp³-hybridized carbons (Fsp3) is 0.600. The van der Waals surface area contributed by atoms with Crippen LogP contribution in [-0.4, -0.2) is 42.8 Å². The van der Waals surface area contributed by atoms with Gasteiger partial charge in [0.1, 0.15) is 12.3 Å². The Morgan fingerprint density at radius 3 is 2.77 bits per heavy atom. The number of hydrogen-bond donors (Lipinski definition) is 4. The van der Waals surface area contributed by atoms with E-state index in [4.69, 9.17) is 14.5 Å². The molecule has 4 atom stereocenters. The molecule has 1 saturated heterocycles. The summed E-state index contributed by atoms with van der Waals surface area (Å²) in [6, 6.07) is 0. The summed E-state index contributed by atoms with van der Waals surface area (Å²) in [4.78, 5) is 41.8. The van der Waals surface area contributed by atoms with Crippen molar-refractivity contribution in [3.05, 3.63) is 32.9 Å². The first-order valence-corrected chi connectivity index (χ1v) is 7.70. The lowest BCUT2D eigenvalue weighted by atomic mass is 10.1. The third kappa shape index (κ3) is 3.69. The summed E-state index contributed by atoms with van der Waals surface area (Å²) >= 11 is 0. The average molecular weight is 340 g/mol. The van der Waals surface area contributed by atoms with Gasteiger partial charge < -0.3 is 19.6 Å². The van der Waals surface area contributed by atoms with Crippen LogP contribution in [0.25, 0.3) is 0 Å². The van der Waals surface area contributed by atoms with E-state index >= 15 is 0 Å². The number of halogens is 1. The normalized spacial score (nSPS) is 27.0. The molecule has 0 saturated carbocycles. The predicted molar refractivity (Wildman–Crippen MR) is 68.4 cm³/mol. The van der Waals surface area contributed by atoms with Crippen molar-refractivity contribution < 1.29 is 33.1 Å². The lowest BCUT2D eigenvalue weighted by Gasteiger charge is -2.22. The van der Waals surface area contributed by atoms with E-state index in [0.29, 0.717) is 6.20 Å². The van der Waals surface area contributed by atoms with Crippen LogP contribution in [0.5, 0.6) is 0 Å². The summed E-state index contributed by atoms with van der Waals surface area (Å²) in [5, 5.41) is 9.86. The van der Waals surface area contributed by atoms with Crippen molar-refractivity contribution in [3.63, 3.8) is 0 Å². The van der Waals surface area contributed by atoms with Crippen molar-refractivity contribution in [1.82, 2.24) is 9.55 Å². The highest BCUT2D eigenvalue weighted by atomic mass is 31.2. The number of nitrogens with zero attached hydrogens (tertiary/aromatic N) is 1. The molecule has 1 fully saturated rings. The topological polar surface area (TPSA) is 151 Å². The molecule has 0 aromatic carbocycles. The summed E-state index contributed by atoms with van der Waals surface area (Å²) in [7, 11) is -4.78. The second-order valence-corrected chi connectivity index (χ2v) is 6.00. The molecule has 1 aromatic rings. The smallest absolute Gasteiger partial charge is 0.390 e. The molecule has 2 heterocycles. The van der Waals surface area contributed by atoms with Gasteiger partial charge in [-0.05, 0) is 6.92 Å². The monoisotopic (exact) mass is 340 g/mol. The molecule has 12 heteroatoms. The van der Waals surface area contributed by atoms with Crippen LogP contribution in [0, 0.1) is 5.82 Å². The Morgan fingerprint density at radius 2 is 2.18 bits per heavy atom. The zero-order valence-corrected chi connectivity index (χ0v) is 12.1. The lowest BCUT2D eigenvalue weighted by molar-refractivity contribution is -0.0750. The van der Waals surface area contributed by atoms with Gasteiger partial charge in [-0.15, -0.1) is 0 Å². The molecule has 1 aromatic heterocycles. The molecule has 0 radical (unpaired) electrons. The molecule has 1 aliphatic heterocycles. The molecule has 0 bridgehead atoms. The number of aliphatic hydroxyl groups is 1. The fourth-order valence-electron chi connectivity index (χ4n) is 2.22. The first-order chi connectivity index (χ1) is 10.1. The van der Waals surface area contributed by atoms with E-state index in [0.717, 1.165) is 4.57 Å². The van der Waals surface area contributed by atoms with Gasteiger partial charge in [0.05, 0.1) is 18.4 Å². The Labute approximate surface area is 122 Å². The van der Waals surface area contributed by atoms with Crippen LogP contribution in [0.15, 0.2) is 15.8 Å². The van der Waals surface area contributed by atoms with Gasteiger partial charge in [0.25, 0.3) is 5.56 Å². The van der Waals surface area contributed by atoms with Crippen LogP contribution < -0.4 is 11.2 Å². The number of nitrogens with one attached hydrogen (secondary N) is 1. The molecule has 22 heavy (non-hydrogen) atoms. The number of phosphoric acid groups is 1. The largest absolute Gasteiger partial charge is 0.469 e. The number of hydrogen-bond acceptors (Lipinski definition) is 6. The molecule has 10 nitrogen and oxygen atoms in total. The van der Waals surface area contributed by atoms with E-state index < -0.39 is 49.4 Å². The van der Waals surface area contributed by atoms with Gasteiger partial charge in [0, 0.05) is 6.42 Å². The third-order valence-electron chi connectivity index (χ3n) is 3.14.